The molecule has 1 N–H and O–H groups in total. The molecule has 17 heavy (non-hydrogen) atoms. The van der Waals surface area contributed by atoms with E-state index in [0.717, 1.165) is 18.7 Å². The summed E-state index contributed by atoms with van der Waals surface area (Å²) in [6.45, 7) is 4.84. The van der Waals surface area contributed by atoms with Gasteiger partial charge in [-0.3, -0.25) is 0 Å². The summed E-state index contributed by atoms with van der Waals surface area (Å²) in [7, 11) is 0. The second kappa shape index (κ2) is 5.67. The SMILES string of the molecule is Cc1ccc(OCC2CNCCO2)c(C#N)c1. The molecule has 0 bridgehead atoms. The van der Waals surface area contributed by atoms with Gasteiger partial charge in [0.25, 0.3) is 0 Å². The van der Waals surface area contributed by atoms with Crippen molar-refractivity contribution in [3.63, 3.8) is 0 Å². The van der Waals surface area contributed by atoms with Crippen LogP contribution in [0.25, 0.3) is 0 Å². The summed E-state index contributed by atoms with van der Waals surface area (Å²) in [5.41, 5.74) is 1.64. The molecule has 0 aliphatic carbocycles. The molecule has 1 aliphatic heterocycles. The van der Waals surface area contributed by atoms with Crippen molar-refractivity contribution in [3.8, 4) is 11.8 Å². The van der Waals surface area contributed by atoms with Gasteiger partial charge in [-0.2, -0.15) is 5.26 Å². The first-order chi connectivity index (χ1) is 8.29. The van der Waals surface area contributed by atoms with E-state index in [1.807, 2.05) is 25.1 Å². The van der Waals surface area contributed by atoms with Crippen LogP contribution in [0.5, 0.6) is 5.75 Å². The molecule has 1 heterocycles. The Hall–Kier alpha value is -1.57. The summed E-state index contributed by atoms with van der Waals surface area (Å²) in [5.74, 6) is 0.632. The Labute approximate surface area is 101 Å². The standard InChI is InChI=1S/C13H16N2O2/c1-10-2-3-13(11(6-10)7-14)17-9-12-8-15-4-5-16-12/h2-3,6,12,15H,4-5,8-9H2,1H3. The molecule has 90 valence electrons. The van der Waals surface area contributed by atoms with Gasteiger partial charge < -0.3 is 14.8 Å². The zero-order valence-electron chi connectivity index (χ0n) is 9.90. The second-order valence-electron chi connectivity index (χ2n) is 4.12. The summed E-state index contributed by atoms with van der Waals surface area (Å²) in [5, 5.41) is 12.2. The summed E-state index contributed by atoms with van der Waals surface area (Å²) in [6.07, 6.45) is 0.0663. The number of benzene rings is 1. The van der Waals surface area contributed by atoms with Crippen LogP contribution in [0.4, 0.5) is 0 Å². The molecule has 4 nitrogen and oxygen atoms in total. The number of hydrogen-bond acceptors (Lipinski definition) is 4. The Bertz CT molecular complexity index is 420. The minimum Gasteiger partial charge on any atom is -0.489 e. The first-order valence-electron chi connectivity index (χ1n) is 5.75. The van der Waals surface area contributed by atoms with Gasteiger partial charge in [-0.25, -0.2) is 0 Å². The van der Waals surface area contributed by atoms with Crippen LogP contribution < -0.4 is 10.1 Å². The van der Waals surface area contributed by atoms with E-state index in [1.165, 1.54) is 0 Å². The topological polar surface area (TPSA) is 54.3 Å². The van der Waals surface area contributed by atoms with Crippen molar-refractivity contribution >= 4 is 0 Å². The lowest BCUT2D eigenvalue weighted by Crippen LogP contribution is -2.41. The highest BCUT2D eigenvalue weighted by Crippen LogP contribution is 2.19. The highest BCUT2D eigenvalue weighted by molar-refractivity contribution is 5.45. The number of rotatable bonds is 3. The predicted molar refractivity (Wildman–Crippen MR) is 64.0 cm³/mol. The van der Waals surface area contributed by atoms with E-state index < -0.39 is 0 Å². The van der Waals surface area contributed by atoms with Gasteiger partial charge in [0.2, 0.25) is 0 Å². The summed E-state index contributed by atoms with van der Waals surface area (Å²) >= 11 is 0. The minimum atomic E-state index is 0.0663. The van der Waals surface area contributed by atoms with Crippen molar-refractivity contribution in [1.82, 2.24) is 5.32 Å². The molecule has 0 spiro atoms. The maximum atomic E-state index is 9.01. The molecule has 0 radical (unpaired) electrons. The zero-order valence-corrected chi connectivity index (χ0v) is 9.90. The van der Waals surface area contributed by atoms with Crippen molar-refractivity contribution in [1.29, 1.82) is 5.26 Å². The van der Waals surface area contributed by atoms with Crippen molar-refractivity contribution < 1.29 is 9.47 Å². The monoisotopic (exact) mass is 232 g/mol. The molecule has 1 atom stereocenters. The summed E-state index contributed by atoms with van der Waals surface area (Å²) in [6, 6.07) is 7.75. The number of nitrogens with zero attached hydrogens (tertiary/aromatic N) is 1. The molecule has 0 aromatic heterocycles. The Kier molecular flexibility index (Phi) is 3.97. The van der Waals surface area contributed by atoms with Gasteiger partial charge in [0, 0.05) is 13.1 Å². The van der Waals surface area contributed by atoms with Gasteiger partial charge in [-0.1, -0.05) is 6.07 Å². The Morgan fingerprint density at radius 1 is 1.59 bits per heavy atom. The quantitative estimate of drug-likeness (QED) is 0.851. The van der Waals surface area contributed by atoms with Crippen molar-refractivity contribution in [2.24, 2.45) is 0 Å². The van der Waals surface area contributed by atoms with Crippen molar-refractivity contribution in [2.75, 3.05) is 26.3 Å². The average Bonchev–Trinajstić information content (AvgIpc) is 2.38. The summed E-state index contributed by atoms with van der Waals surface area (Å²) < 4.78 is 11.2. The van der Waals surface area contributed by atoms with Gasteiger partial charge in [0.05, 0.1) is 12.2 Å². The highest BCUT2D eigenvalue weighted by Gasteiger charge is 2.14. The molecular weight excluding hydrogens is 216 g/mol. The van der Waals surface area contributed by atoms with E-state index in [2.05, 4.69) is 11.4 Å². The molecule has 1 saturated heterocycles. The van der Waals surface area contributed by atoms with Crippen LogP contribution in [0, 0.1) is 18.3 Å². The van der Waals surface area contributed by atoms with Gasteiger partial charge in [-0.15, -0.1) is 0 Å². The van der Waals surface area contributed by atoms with Gasteiger partial charge in [-0.05, 0) is 24.6 Å². The van der Waals surface area contributed by atoms with Crippen LogP contribution in [0.3, 0.4) is 0 Å². The minimum absolute atomic E-state index is 0.0663. The van der Waals surface area contributed by atoms with Crippen LogP contribution in [0.1, 0.15) is 11.1 Å². The molecule has 0 saturated carbocycles. The lowest BCUT2D eigenvalue weighted by molar-refractivity contribution is 0.000139. The van der Waals surface area contributed by atoms with Crippen molar-refractivity contribution in [2.45, 2.75) is 13.0 Å². The fourth-order valence-electron chi connectivity index (χ4n) is 1.77. The number of nitriles is 1. The lowest BCUT2D eigenvalue weighted by Gasteiger charge is -2.23. The van der Waals surface area contributed by atoms with Crippen LogP contribution in [-0.2, 0) is 4.74 Å². The van der Waals surface area contributed by atoms with E-state index >= 15 is 0 Å². The van der Waals surface area contributed by atoms with E-state index in [9.17, 15) is 0 Å². The molecule has 1 fully saturated rings. The average molecular weight is 232 g/mol. The smallest absolute Gasteiger partial charge is 0.137 e. The van der Waals surface area contributed by atoms with E-state index in [0.29, 0.717) is 24.5 Å². The molecule has 1 aromatic rings. The molecular formula is C13H16N2O2. The lowest BCUT2D eigenvalue weighted by atomic mass is 10.1. The molecule has 1 aliphatic rings. The van der Waals surface area contributed by atoms with Gasteiger partial charge in [0.1, 0.15) is 24.5 Å². The molecule has 0 amide bonds. The van der Waals surface area contributed by atoms with E-state index in [4.69, 9.17) is 14.7 Å². The van der Waals surface area contributed by atoms with Crippen molar-refractivity contribution in [3.05, 3.63) is 29.3 Å². The highest BCUT2D eigenvalue weighted by atomic mass is 16.5. The first-order valence-corrected chi connectivity index (χ1v) is 5.75. The Morgan fingerprint density at radius 3 is 3.18 bits per heavy atom. The fraction of sp³-hybridized carbons (Fsp3) is 0.462. The maximum Gasteiger partial charge on any atom is 0.137 e. The third-order valence-electron chi connectivity index (χ3n) is 2.68. The number of ether oxygens (including phenoxy) is 2. The predicted octanol–water partition coefficient (Wildman–Crippen LogP) is 1.23. The third kappa shape index (κ3) is 3.19. The van der Waals surface area contributed by atoms with Gasteiger partial charge >= 0.3 is 0 Å². The van der Waals surface area contributed by atoms with E-state index in [1.54, 1.807) is 0 Å². The first kappa shape index (κ1) is 11.9. The second-order valence-corrected chi connectivity index (χ2v) is 4.12. The largest absolute Gasteiger partial charge is 0.489 e. The van der Waals surface area contributed by atoms with E-state index in [-0.39, 0.29) is 6.10 Å². The van der Waals surface area contributed by atoms with Crippen LogP contribution >= 0.6 is 0 Å². The zero-order chi connectivity index (χ0) is 12.1. The number of aryl methyl sites for hydroxylation is 1. The normalized spacial score (nSPS) is 19.6. The maximum absolute atomic E-state index is 9.01. The summed E-state index contributed by atoms with van der Waals surface area (Å²) in [4.78, 5) is 0. The Balaban J connectivity index is 1.96. The molecule has 1 aromatic carbocycles. The van der Waals surface area contributed by atoms with Crippen LogP contribution in [0.15, 0.2) is 18.2 Å². The number of nitrogens with one attached hydrogen (secondary N) is 1. The number of hydrogen-bond donors (Lipinski definition) is 1. The molecule has 2 rings (SSSR count). The molecule has 1 unspecified atom stereocenters. The fourth-order valence-corrected chi connectivity index (χ4v) is 1.77. The molecule has 4 heteroatoms. The number of morpholine rings is 1. The van der Waals surface area contributed by atoms with Gasteiger partial charge in [0.15, 0.2) is 0 Å². The van der Waals surface area contributed by atoms with Crippen LogP contribution in [-0.4, -0.2) is 32.4 Å². The Morgan fingerprint density at radius 2 is 2.47 bits per heavy atom. The third-order valence-corrected chi connectivity index (χ3v) is 2.68. The van der Waals surface area contributed by atoms with Crippen LogP contribution in [0.2, 0.25) is 0 Å².